The first-order valence-corrected chi connectivity index (χ1v) is 15.0. The number of likely N-dealkylation sites (tertiary alicyclic amines) is 1. The lowest BCUT2D eigenvalue weighted by molar-refractivity contribution is -0.145. The smallest absolute Gasteiger partial charge is 0.338 e. The van der Waals surface area contributed by atoms with Crippen molar-refractivity contribution >= 4 is 50.7 Å². The Bertz CT molecular complexity index is 1310. The van der Waals surface area contributed by atoms with Crippen LogP contribution in [0.2, 0.25) is 15.1 Å². The van der Waals surface area contributed by atoms with E-state index in [1.807, 2.05) is 4.90 Å². The highest BCUT2D eigenvalue weighted by Crippen LogP contribution is 2.38. The molecule has 1 saturated heterocycles. The van der Waals surface area contributed by atoms with Crippen LogP contribution in [-0.2, 0) is 33.2 Å². The molecule has 3 rings (SSSR count). The molecular formula is C25H28Cl3F4N3O3S. The minimum absolute atomic E-state index is 0.0329. The van der Waals surface area contributed by atoms with E-state index in [4.69, 9.17) is 34.8 Å². The molecule has 6 nitrogen and oxygen atoms in total. The molecule has 0 bridgehead atoms. The molecule has 1 aliphatic rings. The van der Waals surface area contributed by atoms with Crippen LogP contribution in [0.5, 0.6) is 0 Å². The Morgan fingerprint density at radius 2 is 1.64 bits per heavy atom. The first-order chi connectivity index (χ1) is 18.0. The summed E-state index contributed by atoms with van der Waals surface area (Å²) in [5.74, 6) is -0.960. The van der Waals surface area contributed by atoms with E-state index >= 15 is 4.39 Å². The van der Waals surface area contributed by atoms with Gasteiger partial charge in [0.05, 0.1) is 26.9 Å². The molecule has 1 atom stereocenters. The van der Waals surface area contributed by atoms with E-state index in [9.17, 15) is 26.4 Å². The van der Waals surface area contributed by atoms with Crippen molar-refractivity contribution in [3.05, 3.63) is 68.2 Å². The topological polar surface area (TPSA) is 69.7 Å². The number of hydrogen-bond donors (Lipinski definition) is 1. The van der Waals surface area contributed by atoms with Gasteiger partial charge < -0.3 is 9.80 Å². The molecule has 2 aromatic rings. The van der Waals surface area contributed by atoms with Crippen molar-refractivity contribution in [2.75, 3.05) is 32.9 Å². The van der Waals surface area contributed by atoms with Crippen molar-refractivity contribution in [1.29, 1.82) is 0 Å². The molecule has 0 aliphatic carbocycles. The van der Waals surface area contributed by atoms with Gasteiger partial charge in [-0.3, -0.25) is 4.79 Å². The molecular weight excluding hydrogens is 605 g/mol. The van der Waals surface area contributed by atoms with E-state index in [0.717, 1.165) is 23.3 Å². The van der Waals surface area contributed by atoms with Gasteiger partial charge in [0.2, 0.25) is 15.7 Å². The molecule has 0 saturated carbocycles. The number of rotatable bonds is 9. The van der Waals surface area contributed by atoms with Gasteiger partial charge in [0.15, 0.2) is 0 Å². The van der Waals surface area contributed by atoms with Crippen molar-refractivity contribution in [2.24, 2.45) is 0 Å². The Morgan fingerprint density at radius 1 is 1.03 bits per heavy atom. The molecule has 39 heavy (non-hydrogen) atoms. The number of benzene rings is 2. The molecule has 1 aliphatic heterocycles. The van der Waals surface area contributed by atoms with Crippen LogP contribution in [-0.4, -0.2) is 63.1 Å². The number of likely N-dealkylation sites (N-methyl/N-ethyl adjacent to an activating group) is 1. The van der Waals surface area contributed by atoms with Crippen LogP contribution in [0, 0.1) is 0 Å². The zero-order valence-corrected chi connectivity index (χ0v) is 24.2. The lowest BCUT2D eigenvalue weighted by Gasteiger charge is -2.35. The summed E-state index contributed by atoms with van der Waals surface area (Å²) in [6.45, 7) is 0.842. The number of nitrogens with one attached hydrogen (secondary N) is 1. The summed E-state index contributed by atoms with van der Waals surface area (Å²) in [5, 5.41) is -0.261. The number of amides is 1. The zero-order chi connectivity index (χ0) is 29.2. The van der Waals surface area contributed by atoms with Crippen LogP contribution in [0.15, 0.2) is 36.4 Å². The largest absolute Gasteiger partial charge is 0.417 e. The number of alkyl halides is 4. The predicted octanol–water partition coefficient (Wildman–Crippen LogP) is 5.89. The fourth-order valence-corrected chi connectivity index (χ4v) is 5.91. The number of carbonyl (C=O) groups is 1. The monoisotopic (exact) mass is 631 g/mol. The third-order valence-corrected chi connectivity index (χ3v) is 8.39. The molecule has 0 radical (unpaired) electrons. The maximum atomic E-state index is 16.8. The first-order valence-electron chi connectivity index (χ1n) is 11.9. The van der Waals surface area contributed by atoms with Crippen molar-refractivity contribution < 1.29 is 30.8 Å². The van der Waals surface area contributed by atoms with Crippen molar-refractivity contribution in [2.45, 2.75) is 43.7 Å². The summed E-state index contributed by atoms with van der Waals surface area (Å²) < 4.78 is 82.2. The van der Waals surface area contributed by atoms with E-state index < -0.39 is 38.4 Å². The summed E-state index contributed by atoms with van der Waals surface area (Å²) in [5.41, 5.74) is -3.52. The van der Waals surface area contributed by atoms with Crippen molar-refractivity contribution in [1.82, 2.24) is 14.5 Å². The Balaban J connectivity index is 1.80. The quantitative estimate of drug-likeness (QED) is 0.350. The summed E-state index contributed by atoms with van der Waals surface area (Å²) in [7, 11) is -2.05. The fraction of sp³-hybridized carbons (Fsp3) is 0.480. The van der Waals surface area contributed by atoms with Gasteiger partial charge in [0.25, 0.3) is 5.91 Å². The van der Waals surface area contributed by atoms with Gasteiger partial charge >= 0.3 is 6.18 Å². The number of sulfonamides is 1. The van der Waals surface area contributed by atoms with Gasteiger partial charge in [0, 0.05) is 38.2 Å². The minimum atomic E-state index is -4.69. The highest BCUT2D eigenvalue weighted by Gasteiger charge is 2.43. The molecule has 0 aromatic heterocycles. The third kappa shape index (κ3) is 8.43. The molecule has 216 valence electrons. The zero-order valence-electron chi connectivity index (χ0n) is 21.2. The maximum Gasteiger partial charge on any atom is 0.417 e. The minimum Gasteiger partial charge on any atom is -0.338 e. The van der Waals surface area contributed by atoms with Crippen LogP contribution < -0.4 is 4.72 Å². The average molecular weight is 633 g/mol. The second-order valence-electron chi connectivity index (χ2n) is 9.66. The highest BCUT2D eigenvalue weighted by atomic mass is 35.5. The van der Waals surface area contributed by atoms with Crippen LogP contribution >= 0.6 is 34.8 Å². The van der Waals surface area contributed by atoms with Crippen LogP contribution in [0.4, 0.5) is 17.6 Å². The Hall–Kier alpha value is -1.63. The molecule has 1 heterocycles. The van der Waals surface area contributed by atoms with Crippen molar-refractivity contribution in [3.8, 4) is 0 Å². The standard InChI is InChI=1S/C25H28Cl3F4N3O3S/c1-34(15-16-3-5-20(26)19(13-16)25(30,31)32)23(36)24(29,17-4-6-21(27)22(28)14-17)9-12-35-10-7-18(8-11-35)33-39(2,37)38/h3-6,13-14,18,33H,7-12,15H2,1-2H3. The van der Waals surface area contributed by atoms with E-state index in [0.29, 0.717) is 25.9 Å². The Labute approximate surface area is 240 Å². The van der Waals surface area contributed by atoms with Gasteiger partial charge in [0.1, 0.15) is 0 Å². The summed E-state index contributed by atoms with van der Waals surface area (Å²) in [4.78, 5) is 16.5. The average Bonchev–Trinajstić information content (AvgIpc) is 2.84. The third-order valence-electron chi connectivity index (χ3n) is 6.56. The number of halogens is 7. The van der Waals surface area contributed by atoms with Gasteiger partial charge in [-0.25, -0.2) is 17.5 Å². The summed E-state index contributed by atoms with van der Waals surface area (Å²) in [6, 6.07) is 7.03. The molecule has 1 amide bonds. The summed E-state index contributed by atoms with van der Waals surface area (Å²) in [6.07, 6.45) is -2.84. The van der Waals surface area contributed by atoms with Crippen LogP contribution in [0.25, 0.3) is 0 Å². The first kappa shape index (κ1) is 31.9. The van der Waals surface area contributed by atoms with Gasteiger partial charge in [-0.15, -0.1) is 0 Å². The molecule has 0 spiro atoms. The predicted molar refractivity (Wildman–Crippen MR) is 144 cm³/mol. The van der Waals surface area contributed by atoms with E-state index in [1.165, 1.54) is 31.3 Å². The van der Waals surface area contributed by atoms with Crippen LogP contribution in [0.3, 0.4) is 0 Å². The number of nitrogens with zero attached hydrogens (tertiary/aromatic N) is 2. The van der Waals surface area contributed by atoms with E-state index in [2.05, 4.69) is 4.72 Å². The SMILES string of the molecule is CN(Cc1ccc(Cl)c(C(F)(F)F)c1)C(=O)C(F)(CCN1CCC(NS(C)(=O)=O)CC1)c1ccc(Cl)c(Cl)c1. The lowest BCUT2D eigenvalue weighted by Crippen LogP contribution is -2.47. The lowest BCUT2D eigenvalue weighted by atomic mass is 9.90. The molecule has 14 heteroatoms. The maximum absolute atomic E-state index is 16.8. The van der Waals surface area contributed by atoms with Gasteiger partial charge in [-0.1, -0.05) is 46.9 Å². The van der Waals surface area contributed by atoms with Crippen LogP contribution in [0.1, 0.15) is 36.0 Å². The summed E-state index contributed by atoms with van der Waals surface area (Å²) >= 11 is 17.8. The number of carbonyl (C=O) groups excluding carboxylic acids is 1. The fourth-order valence-electron chi connectivity index (χ4n) is 4.54. The van der Waals surface area contributed by atoms with E-state index in [-0.39, 0.29) is 46.7 Å². The van der Waals surface area contributed by atoms with Gasteiger partial charge in [-0.05, 0) is 55.8 Å². The second-order valence-corrected chi connectivity index (χ2v) is 12.7. The molecule has 1 unspecified atom stereocenters. The van der Waals surface area contributed by atoms with Gasteiger partial charge in [-0.2, -0.15) is 13.2 Å². The van der Waals surface area contributed by atoms with E-state index in [1.54, 1.807) is 0 Å². The normalized spacial score (nSPS) is 17.2. The number of piperidine rings is 1. The molecule has 1 N–H and O–H groups in total. The molecule has 2 aromatic carbocycles. The Kier molecular flexibility index (Phi) is 10.2. The van der Waals surface area contributed by atoms with Crippen molar-refractivity contribution in [3.63, 3.8) is 0 Å². The highest BCUT2D eigenvalue weighted by molar-refractivity contribution is 7.88. The number of hydrogen-bond acceptors (Lipinski definition) is 4. The molecule has 1 fully saturated rings. The Morgan fingerprint density at radius 3 is 2.21 bits per heavy atom. The second kappa shape index (κ2) is 12.5.